The average molecular weight is 312 g/mol. The first-order valence-corrected chi connectivity index (χ1v) is 6.52. The minimum absolute atomic E-state index is 0.117. The number of nitrogens with one attached hydrogen (secondary N) is 1. The highest BCUT2D eigenvalue weighted by Gasteiger charge is 2.08. The highest BCUT2D eigenvalue weighted by atomic mass is 79.9. The number of furan rings is 1. The van der Waals surface area contributed by atoms with Gasteiger partial charge in [0.25, 0.3) is 5.56 Å². The minimum atomic E-state index is -0.117. The minimum Gasteiger partial charge on any atom is -0.472 e. The van der Waals surface area contributed by atoms with Crippen LogP contribution >= 0.6 is 15.9 Å². The predicted molar refractivity (Wildman–Crippen MR) is 72.5 cm³/mol. The highest BCUT2D eigenvalue weighted by molar-refractivity contribution is 9.10. The molecule has 0 bridgehead atoms. The summed E-state index contributed by atoms with van der Waals surface area (Å²) in [7, 11) is 0. The van der Waals surface area contributed by atoms with Crippen molar-refractivity contribution in [1.29, 1.82) is 0 Å². The smallest absolute Gasteiger partial charge is 0.283 e. The van der Waals surface area contributed by atoms with Crippen molar-refractivity contribution in [2.24, 2.45) is 0 Å². The van der Waals surface area contributed by atoms with Crippen LogP contribution in [0.5, 0.6) is 0 Å². The summed E-state index contributed by atoms with van der Waals surface area (Å²) < 4.78 is 6.94. The molecule has 0 unspecified atom stereocenters. The molecule has 2 aromatic rings. The summed E-state index contributed by atoms with van der Waals surface area (Å²) in [6.07, 6.45) is 5.80. The fourth-order valence-electron chi connectivity index (χ4n) is 1.55. The van der Waals surface area contributed by atoms with Crippen molar-refractivity contribution in [2.45, 2.75) is 26.4 Å². The van der Waals surface area contributed by atoms with Crippen LogP contribution in [-0.2, 0) is 13.1 Å². The Hall–Kier alpha value is -1.56. The van der Waals surface area contributed by atoms with Crippen LogP contribution in [0.15, 0.2) is 38.5 Å². The van der Waals surface area contributed by atoms with E-state index in [-0.39, 0.29) is 5.56 Å². The van der Waals surface area contributed by atoms with Gasteiger partial charge in [-0.2, -0.15) is 5.10 Å². The molecule has 0 radical (unpaired) electrons. The van der Waals surface area contributed by atoms with Crippen LogP contribution in [0.4, 0.5) is 5.69 Å². The Balaban J connectivity index is 2.14. The lowest BCUT2D eigenvalue weighted by atomic mass is 10.3. The van der Waals surface area contributed by atoms with Gasteiger partial charge in [0.15, 0.2) is 0 Å². The molecule has 0 spiro atoms. The Labute approximate surface area is 113 Å². The number of aryl methyl sites for hydroxylation is 1. The second-order valence-corrected chi connectivity index (χ2v) is 4.68. The van der Waals surface area contributed by atoms with Crippen LogP contribution in [0, 0.1) is 0 Å². The van der Waals surface area contributed by atoms with Gasteiger partial charge in [0.1, 0.15) is 4.47 Å². The van der Waals surface area contributed by atoms with E-state index in [1.165, 1.54) is 4.68 Å². The molecule has 0 aliphatic rings. The van der Waals surface area contributed by atoms with E-state index in [2.05, 4.69) is 26.3 Å². The Morgan fingerprint density at radius 1 is 1.56 bits per heavy atom. The molecular formula is C12H14BrN3O2. The lowest BCUT2D eigenvalue weighted by Gasteiger charge is -2.09. The van der Waals surface area contributed by atoms with Gasteiger partial charge in [0.05, 0.1) is 24.4 Å². The number of rotatable bonds is 5. The van der Waals surface area contributed by atoms with Crippen LogP contribution in [-0.4, -0.2) is 9.78 Å². The molecule has 0 saturated heterocycles. The van der Waals surface area contributed by atoms with Crippen molar-refractivity contribution in [2.75, 3.05) is 5.32 Å². The molecule has 0 aromatic carbocycles. The normalized spacial score (nSPS) is 10.6. The standard InChI is InChI=1S/C12H14BrN3O2/c1-2-4-16-12(17)11(13)10(7-15-16)14-6-9-3-5-18-8-9/h3,5,7-8,14H,2,4,6H2,1H3. The van der Waals surface area contributed by atoms with Gasteiger partial charge in [0, 0.05) is 18.7 Å². The quantitative estimate of drug-likeness (QED) is 0.922. The second-order valence-electron chi connectivity index (χ2n) is 3.89. The number of anilines is 1. The zero-order valence-corrected chi connectivity index (χ0v) is 11.6. The summed E-state index contributed by atoms with van der Waals surface area (Å²) >= 11 is 3.31. The monoisotopic (exact) mass is 311 g/mol. The molecule has 6 heteroatoms. The van der Waals surface area contributed by atoms with Crippen LogP contribution < -0.4 is 10.9 Å². The molecule has 2 rings (SSSR count). The molecule has 0 aliphatic heterocycles. The van der Waals surface area contributed by atoms with Gasteiger partial charge in [-0.1, -0.05) is 6.92 Å². The molecule has 0 atom stereocenters. The van der Waals surface area contributed by atoms with Crippen molar-refractivity contribution in [3.8, 4) is 0 Å². The van der Waals surface area contributed by atoms with Gasteiger partial charge < -0.3 is 9.73 Å². The molecule has 1 N–H and O–H groups in total. The molecule has 0 fully saturated rings. The van der Waals surface area contributed by atoms with E-state index in [9.17, 15) is 4.79 Å². The third kappa shape index (κ3) is 2.81. The van der Waals surface area contributed by atoms with E-state index in [1.54, 1.807) is 18.7 Å². The van der Waals surface area contributed by atoms with E-state index in [0.29, 0.717) is 23.2 Å². The lowest BCUT2D eigenvalue weighted by molar-refractivity contribution is 0.563. The van der Waals surface area contributed by atoms with Gasteiger partial charge in [-0.05, 0) is 28.4 Å². The largest absolute Gasteiger partial charge is 0.472 e. The number of hydrogen-bond acceptors (Lipinski definition) is 4. The molecule has 5 nitrogen and oxygen atoms in total. The number of hydrogen-bond donors (Lipinski definition) is 1. The first kappa shape index (κ1) is 12.9. The number of aromatic nitrogens is 2. The first-order chi connectivity index (χ1) is 8.72. The van der Waals surface area contributed by atoms with Gasteiger partial charge in [-0.3, -0.25) is 4.79 Å². The molecule has 0 saturated carbocycles. The Kier molecular flexibility index (Phi) is 4.19. The van der Waals surface area contributed by atoms with Gasteiger partial charge in [-0.25, -0.2) is 4.68 Å². The van der Waals surface area contributed by atoms with Crippen molar-refractivity contribution in [1.82, 2.24) is 9.78 Å². The third-order valence-corrected chi connectivity index (χ3v) is 3.25. The van der Waals surface area contributed by atoms with Crippen LogP contribution in [0.1, 0.15) is 18.9 Å². The summed E-state index contributed by atoms with van der Waals surface area (Å²) in [5, 5.41) is 7.26. The van der Waals surface area contributed by atoms with Gasteiger partial charge in [-0.15, -0.1) is 0 Å². The highest BCUT2D eigenvalue weighted by Crippen LogP contribution is 2.17. The maximum Gasteiger partial charge on any atom is 0.283 e. The SMILES string of the molecule is CCCn1ncc(NCc2ccoc2)c(Br)c1=O. The summed E-state index contributed by atoms with van der Waals surface area (Å²) in [4.78, 5) is 11.9. The summed E-state index contributed by atoms with van der Waals surface area (Å²) in [5.74, 6) is 0. The van der Waals surface area contributed by atoms with Crippen LogP contribution in [0.3, 0.4) is 0 Å². The molecule has 2 heterocycles. The van der Waals surface area contributed by atoms with Crippen molar-refractivity contribution < 1.29 is 4.42 Å². The van der Waals surface area contributed by atoms with E-state index in [4.69, 9.17) is 4.42 Å². The number of nitrogens with zero attached hydrogens (tertiary/aromatic N) is 2. The fraction of sp³-hybridized carbons (Fsp3) is 0.333. The maximum atomic E-state index is 11.9. The number of halogens is 1. The van der Waals surface area contributed by atoms with E-state index >= 15 is 0 Å². The predicted octanol–water partition coefficient (Wildman–Crippen LogP) is 2.62. The summed E-state index contributed by atoms with van der Waals surface area (Å²) in [6.45, 7) is 3.22. The molecule has 0 aliphatic carbocycles. The molecule has 2 aromatic heterocycles. The fourth-order valence-corrected chi connectivity index (χ4v) is 2.00. The molecule has 18 heavy (non-hydrogen) atoms. The van der Waals surface area contributed by atoms with Crippen molar-refractivity contribution in [3.05, 3.63) is 45.2 Å². The van der Waals surface area contributed by atoms with Crippen molar-refractivity contribution in [3.63, 3.8) is 0 Å². The molecule has 0 amide bonds. The van der Waals surface area contributed by atoms with Gasteiger partial charge in [0.2, 0.25) is 0 Å². The summed E-state index contributed by atoms with van der Waals surface area (Å²) in [6, 6.07) is 1.87. The Morgan fingerprint density at radius 3 is 3.06 bits per heavy atom. The second kappa shape index (κ2) is 5.86. The topological polar surface area (TPSA) is 60.1 Å². The zero-order valence-electron chi connectivity index (χ0n) is 10.0. The lowest BCUT2D eigenvalue weighted by Crippen LogP contribution is -2.24. The summed E-state index contributed by atoms with van der Waals surface area (Å²) in [5.41, 5.74) is 1.59. The Bertz CT molecular complexity index is 563. The maximum absolute atomic E-state index is 11.9. The zero-order chi connectivity index (χ0) is 13.0. The average Bonchev–Trinajstić information content (AvgIpc) is 2.87. The van der Waals surface area contributed by atoms with Gasteiger partial charge >= 0.3 is 0 Å². The van der Waals surface area contributed by atoms with Crippen LogP contribution in [0.2, 0.25) is 0 Å². The van der Waals surface area contributed by atoms with E-state index in [0.717, 1.165) is 12.0 Å². The van der Waals surface area contributed by atoms with Crippen molar-refractivity contribution >= 4 is 21.6 Å². The van der Waals surface area contributed by atoms with E-state index < -0.39 is 0 Å². The third-order valence-electron chi connectivity index (χ3n) is 2.48. The Morgan fingerprint density at radius 2 is 2.39 bits per heavy atom. The van der Waals surface area contributed by atoms with Crippen LogP contribution in [0.25, 0.3) is 0 Å². The molecule has 96 valence electrons. The first-order valence-electron chi connectivity index (χ1n) is 5.73. The van der Waals surface area contributed by atoms with E-state index in [1.807, 2.05) is 13.0 Å². The molecular weight excluding hydrogens is 298 g/mol.